The molecule has 0 atom stereocenters. The van der Waals surface area contributed by atoms with Gasteiger partial charge in [-0.2, -0.15) is 0 Å². The highest BCUT2D eigenvalue weighted by atomic mass is 16.6. The Labute approximate surface area is 218 Å². The van der Waals surface area contributed by atoms with Crippen LogP contribution in [0.4, 0.5) is 0 Å². The first-order valence-electron chi connectivity index (χ1n) is 13.3. The number of amides is 1. The summed E-state index contributed by atoms with van der Waals surface area (Å²) in [6, 6.07) is 0. The fourth-order valence-electron chi connectivity index (χ4n) is 2.80. The molecular weight excluding hydrogens is 472 g/mol. The first kappa shape index (κ1) is 35.1. The van der Waals surface area contributed by atoms with E-state index in [-0.39, 0.29) is 5.91 Å². The van der Waals surface area contributed by atoms with Gasteiger partial charge in [0, 0.05) is 19.6 Å². The Balaban J connectivity index is 3.08. The van der Waals surface area contributed by atoms with E-state index in [0.29, 0.717) is 119 Å². The first-order valence-corrected chi connectivity index (χ1v) is 13.3. The van der Waals surface area contributed by atoms with Crippen LogP contribution in [0.3, 0.4) is 0 Å². The van der Waals surface area contributed by atoms with Gasteiger partial charge in [-0.25, -0.2) is 0 Å². The van der Waals surface area contributed by atoms with Gasteiger partial charge in [-0.3, -0.25) is 4.79 Å². The highest BCUT2D eigenvalue weighted by Crippen LogP contribution is 1.98. The molecule has 11 nitrogen and oxygen atoms in total. The van der Waals surface area contributed by atoms with E-state index in [4.69, 9.17) is 37.9 Å². The standard InChI is InChI=1S/C25H52N2O9/c1-3-29-11-12-31-15-16-33-19-20-35-23-24-36-22-21-34-18-17-32-14-13-30-10-9-27-25(28)7-5-4-6-8-26-2/h26H,3-24H2,1-2H3,(H,27,28). The zero-order valence-electron chi connectivity index (χ0n) is 22.7. The molecule has 0 aliphatic heterocycles. The summed E-state index contributed by atoms with van der Waals surface area (Å²) in [5, 5.41) is 5.97. The molecular formula is C25H52N2O9. The van der Waals surface area contributed by atoms with Crippen molar-refractivity contribution >= 4 is 5.91 Å². The molecule has 2 N–H and O–H groups in total. The van der Waals surface area contributed by atoms with Crippen LogP contribution in [0.2, 0.25) is 0 Å². The summed E-state index contributed by atoms with van der Waals surface area (Å²) in [5.41, 5.74) is 0. The molecule has 0 unspecified atom stereocenters. The second-order valence-corrected chi connectivity index (χ2v) is 7.75. The Hall–Kier alpha value is -0.890. The van der Waals surface area contributed by atoms with Crippen molar-refractivity contribution in [2.24, 2.45) is 0 Å². The number of nitrogens with one attached hydrogen (secondary N) is 2. The minimum Gasteiger partial charge on any atom is -0.379 e. The van der Waals surface area contributed by atoms with Crippen molar-refractivity contribution in [1.82, 2.24) is 10.6 Å². The number of unbranched alkanes of at least 4 members (excludes halogenated alkanes) is 2. The predicted octanol–water partition coefficient (Wildman–Crippen LogP) is 1.04. The van der Waals surface area contributed by atoms with E-state index < -0.39 is 0 Å². The van der Waals surface area contributed by atoms with Gasteiger partial charge in [-0.05, 0) is 33.4 Å². The maximum atomic E-state index is 11.7. The minimum absolute atomic E-state index is 0.0874. The number of hydrogen-bond donors (Lipinski definition) is 2. The summed E-state index contributed by atoms with van der Waals surface area (Å²) in [6.45, 7) is 12.2. The Morgan fingerprint density at radius 1 is 0.500 bits per heavy atom. The molecule has 0 aromatic carbocycles. The van der Waals surface area contributed by atoms with Crippen molar-refractivity contribution in [3.8, 4) is 0 Å². The molecule has 0 fully saturated rings. The molecule has 0 heterocycles. The van der Waals surface area contributed by atoms with E-state index >= 15 is 0 Å². The van der Waals surface area contributed by atoms with Crippen LogP contribution in [0.1, 0.15) is 32.6 Å². The summed E-state index contributed by atoms with van der Waals surface area (Å²) in [5.74, 6) is 0.0874. The van der Waals surface area contributed by atoms with Gasteiger partial charge in [-0.1, -0.05) is 6.42 Å². The highest BCUT2D eigenvalue weighted by Gasteiger charge is 2.00. The molecule has 0 aliphatic rings. The SMILES string of the molecule is CCOCCOCCOCCOCCOCCOCCOCCOCCNC(=O)CCCCCNC. The summed E-state index contributed by atoms with van der Waals surface area (Å²) >= 11 is 0. The Kier molecular flexibility index (Phi) is 31.3. The van der Waals surface area contributed by atoms with Crippen LogP contribution in [-0.2, 0) is 42.7 Å². The fraction of sp³-hybridized carbons (Fsp3) is 0.960. The lowest BCUT2D eigenvalue weighted by Gasteiger charge is -2.09. The van der Waals surface area contributed by atoms with Crippen molar-refractivity contribution in [3.63, 3.8) is 0 Å². The van der Waals surface area contributed by atoms with Crippen LogP contribution < -0.4 is 10.6 Å². The third-order valence-corrected chi connectivity index (χ3v) is 4.71. The maximum Gasteiger partial charge on any atom is 0.220 e. The lowest BCUT2D eigenvalue weighted by atomic mass is 10.2. The van der Waals surface area contributed by atoms with E-state index in [1.807, 2.05) is 14.0 Å². The van der Waals surface area contributed by atoms with Crippen LogP contribution in [-0.4, -0.2) is 132 Å². The minimum atomic E-state index is 0.0874. The molecule has 0 aliphatic carbocycles. The second kappa shape index (κ2) is 32.1. The third-order valence-electron chi connectivity index (χ3n) is 4.71. The Bertz CT molecular complexity index is 434. The topological polar surface area (TPSA) is 115 Å². The molecule has 11 heteroatoms. The van der Waals surface area contributed by atoms with Crippen molar-refractivity contribution < 1.29 is 42.7 Å². The van der Waals surface area contributed by atoms with Crippen molar-refractivity contribution in [2.75, 3.05) is 126 Å². The van der Waals surface area contributed by atoms with Crippen molar-refractivity contribution in [2.45, 2.75) is 32.6 Å². The van der Waals surface area contributed by atoms with Gasteiger partial charge in [0.1, 0.15) is 0 Å². The number of hydrogen-bond acceptors (Lipinski definition) is 10. The van der Waals surface area contributed by atoms with Gasteiger partial charge in [0.15, 0.2) is 0 Å². The molecule has 0 spiro atoms. The Morgan fingerprint density at radius 2 is 0.889 bits per heavy atom. The average Bonchev–Trinajstić information content (AvgIpc) is 2.88. The molecule has 0 saturated heterocycles. The molecule has 216 valence electrons. The lowest BCUT2D eigenvalue weighted by molar-refractivity contribution is -0.121. The highest BCUT2D eigenvalue weighted by molar-refractivity contribution is 5.75. The van der Waals surface area contributed by atoms with Crippen LogP contribution >= 0.6 is 0 Å². The number of rotatable bonds is 31. The number of ether oxygens (including phenoxy) is 8. The van der Waals surface area contributed by atoms with E-state index in [1.165, 1.54) is 0 Å². The smallest absolute Gasteiger partial charge is 0.220 e. The maximum absolute atomic E-state index is 11.7. The van der Waals surface area contributed by atoms with E-state index in [1.54, 1.807) is 0 Å². The molecule has 0 bridgehead atoms. The predicted molar refractivity (Wildman–Crippen MR) is 138 cm³/mol. The number of carbonyl (C=O) groups excluding carboxylic acids is 1. The van der Waals surface area contributed by atoms with Crippen LogP contribution in [0.15, 0.2) is 0 Å². The first-order chi connectivity index (χ1) is 17.8. The van der Waals surface area contributed by atoms with Gasteiger partial charge >= 0.3 is 0 Å². The van der Waals surface area contributed by atoms with Gasteiger partial charge in [0.25, 0.3) is 0 Å². The quantitative estimate of drug-likeness (QED) is 0.127. The van der Waals surface area contributed by atoms with Gasteiger partial charge < -0.3 is 48.5 Å². The zero-order chi connectivity index (χ0) is 26.2. The van der Waals surface area contributed by atoms with Crippen molar-refractivity contribution in [1.29, 1.82) is 0 Å². The lowest BCUT2D eigenvalue weighted by Crippen LogP contribution is -2.27. The third kappa shape index (κ3) is 31.1. The zero-order valence-corrected chi connectivity index (χ0v) is 22.7. The molecule has 36 heavy (non-hydrogen) atoms. The molecule has 0 saturated carbocycles. The second-order valence-electron chi connectivity index (χ2n) is 7.75. The fourth-order valence-corrected chi connectivity index (χ4v) is 2.80. The Morgan fingerprint density at radius 3 is 1.28 bits per heavy atom. The summed E-state index contributed by atoms with van der Waals surface area (Å²) in [4.78, 5) is 11.7. The van der Waals surface area contributed by atoms with Crippen molar-refractivity contribution in [3.05, 3.63) is 0 Å². The van der Waals surface area contributed by atoms with E-state index in [0.717, 1.165) is 25.8 Å². The summed E-state index contributed by atoms with van der Waals surface area (Å²) in [7, 11) is 1.94. The summed E-state index contributed by atoms with van der Waals surface area (Å²) in [6.07, 6.45) is 3.67. The molecule has 0 aromatic heterocycles. The normalized spacial score (nSPS) is 11.3. The average molecular weight is 525 g/mol. The van der Waals surface area contributed by atoms with Gasteiger partial charge in [0.2, 0.25) is 5.91 Å². The van der Waals surface area contributed by atoms with Gasteiger partial charge in [-0.15, -0.1) is 0 Å². The van der Waals surface area contributed by atoms with E-state index in [9.17, 15) is 4.79 Å². The molecule has 1 amide bonds. The van der Waals surface area contributed by atoms with Crippen LogP contribution in [0.25, 0.3) is 0 Å². The van der Waals surface area contributed by atoms with Crippen LogP contribution in [0.5, 0.6) is 0 Å². The molecule has 0 radical (unpaired) electrons. The number of carbonyl (C=O) groups is 1. The largest absolute Gasteiger partial charge is 0.379 e. The van der Waals surface area contributed by atoms with Gasteiger partial charge in [0.05, 0.1) is 99.1 Å². The molecule has 0 aromatic rings. The summed E-state index contributed by atoms with van der Waals surface area (Å²) < 4.78 is 43.1. The molecule has 0 rings (SSSR count). The van der Waals surface area contributed by atoms with Crippen LogP contribution in [0, 0.1) is 0 Å². The monoisotopic (exact) mass is 524 g/mol. The van der Waals surface area contributed by atoms with E-state index in [2.05, 4.69) is 10.6 Å².